The summed E-state index contributed by atoms with van der Waals surface area (Å²) in [4.78, 5) is 39.0. The molecule has 0 aliphatic rings. The van der Waals surface area contributed by atoms with E-state index in [2.05, 4.69) is 69.8 Å². The molecule has 1 aromatic heterocycles. The summed E-state index contributed by atoms with van der Waals surface area (Å²) in [5, 5.41) is 17.5. The number of ether oxygens (including phenoxy) is 6. The molecule has 1 amide bonds. The van der Waals surface area contributed by atoms with Crippen molar-refractivity contribution >= 4 is 23.8 Å². The highest BCUT2D eigenvalue weighted by Gasteiger charge is 2.77. The fourth-order valence-corrected chi connectivity index (χ4v) is 4.56. The summed E-state index contributed by atoms with van der Waals surface area (Å²) >= 11 is 0. The van der Waals surface area contributed by atoms with E-state index in [4.69, 9.17) is 41.1 Å². The van der Waals surface area contributed by atoms with E-state index in [0.29, 0.717) is 0 Å². The first-order chi connectivity index (χ1) is 32.5. The minimum atomic E-state index is -7.22. The van der Waals surface area contributed by atoms with Crippen LogP contribution in [0.15, 0.2) is 20.5 Å². The molecule has 69 heavy (non-hydrogen) atoms. The molecule has 26 nitrogen and oxygen atoms in total. The third kappa shape index (κ3) is 22.3. The van der Waals surface area contributed by atoms with Crippen LogP contribution in [0, 0.1) is 0 Å². The lowest BCUT2D eigenvalue weighted by molar-refractivity contribution is -0.473. The number of carbonyl (C=O) groups is 1. The second-order valence-electron chi connectivity index (χ2n) is 12.7. The van der Waals surface area contributed by atoms with Crippen LogP contribution in [0.5, 0.6) is 0 Å². The average Bonchev–Trinajstić information content (AvgIpc) is 3.28. The van der Waals surface area contributed by atoms with E-state index >= 15 is 0 Å². The number of hydrogen-bond donors (Lipinski definition) is 2. The molecule has 2 atom stereocenters. The highest BCUT2D eigenvalue weighted by Crippen LogP contribution is 2.49. The molecule has 0 aliphatic heterocycles. The Morgan fingerprint density at radius 2 is 0.986 bits per heavy atom. The zero-order valence-electron chi connectivity index (χ0n) is 35.5. The van der Waals surface area contributed by atoms with Gasteiger partial charge in [0.05, 0.1) is 52.9 Å². The van der Waals surface area contributed by atoms with E-state index in [1.165, 1.54) is 9.80 Å². The molecule has 390 valence electrons. The summed E-state index contributed by atoms with van der Waals surface area (Å²) in [5.41, 5.74) is 34.1. The van der Waals surface area contributed by atoms with Gasteiger partial charge in [-0.1, -0.05) is 20.5 Å². The number of anilines is 3. The lowest BCUT2D eigenvalue weighted by Gasteiger charge is -2.36. The molecule has 0 radical (unpaired) electrons. The van der Waals surface area contributed by atoms with Crippen molar-refractivity contribution in [2.24, 2.45) is 20.5 Å². The van der Waals surface area contributed by atoms with Crippen molar-refractivity contribution in [3.8, 4) is 0 Å². The van der Waals surface area contributed by atoms with Crippen molar-refractivity contribution in [3.05, 3.63) is 41.8 Å². The molecule has 39 heteroatoms. The quantitative estimate of drug-likeness (QED) is 0.0252. The zero-order chi connectivity index (χ0) is 52.0. The van der Waals surface area contributed by atoms with Gasteiger partial charge in [0.25, 0.3) is 12.3 Å². The van der Waals surface area contributed by atoms with E-state index in [1.54, 1.807) is 5.32 Å². The maximum atomic E-state index is 14.7. The van der Waals surface area contributed by atoms with Crippen LogP contribution in [-0.2, 0) is 33.2 Å². The van der Waals surface area contributed by atoms with Gasteiger partial charge >= 0.3 is 30.2 Å². The number of nitrogens with one attached hydrogen (secondary N) is 2. The number of rotatable bonds is 38. The van der Waals surface area contributed by atoms with Crippen molar-refractivity contribution in [3.63, 3.8) is 0 Å². The SMILES string of the molecule is [N-]=[N+]=NCCOCCN(CCOCCN=[N+]=[N-])c1nc(NCCNC(=O)C(OC(F)(F)C(F)(OCC(F)(F)C(F)(F)F)C(F)(F)F)C(F)F)nc(N(CCOCCN=[N+]=[N-])CCOCCN=[N+]=[N-])n1. The lowest BCUT2D eigenvalue weighted by atomic mass is 10.2. The topological polar surface area (TPSA) is 337 Å². The van der Waals surface area contributed by atoms with Gasteiger partial charge in [0.1, 0.15) is 6.61 Å². The fourth-order valence-electron chi connectivity index (χ4n) is 4.56. The van der Waals surface area contributed by atoms with Crippen LogP contribution in [0.4, 0.5) is 74.9 Å². The Balaban J connectivity index is 3.53. The van der Waals surface area contributed by atoms with E-state index in [1.807, 2.05) is 0 Å². The summed E-state index contributed by atoms with van der Waals surface area (Å²) in [6, 6.07) is 0. The number of hydrogen-bond acceptors (Lipinski definition) is 17. The van der Waals surface area contributed by atoms with Gasteiger partial charge in [0, 0.05) is 85.1 Å². The standard InChI is InChI=1S/C30H42F13N19O7/c31-21(32)20(69-30(42,43)27(35,29(39,40)41)68-19-26(33,34)28(36,37)38)22(63)48-1-2-49-23-54-24(61(7-15-64-11-3-50-57-44)8-16-65-12-4-51-58-45)56-25(55-23)62(9-17-66-13-5-52-59-46)10-18-67-14-6-53-60-47/h20-21H,1-19H2,(H,48,63)(H,49,54,55,56). The Bertz CT molecular complexity index is 1760. The van der Waals surface area contributed by atoms with E-state index in [9.17, 15) is 61.9 Å². The van der Waals surface area contributed by atoms with Crippen molar-refractivity contribution in [1.82, 2.24) is 20.3 Å². The Morgan fingerprint density at radius 1 is 0.594 bits per heavy atom. The molecular formula is C30H42F13N19O7. The normalized spacial score (nSPS) is 13.2. The predicted molar refractivity (Wildman–Crippen MR) is 208 cm³/mol. The van der Waals surface area contributed by atoms with Gasteiger partial charge in [-0.25, -0.2) is 8.78 Å². The highest BCUT2D eigenvalue weighted by molar-refractivity contribution is 5.81. The summed E-state index contributed by atoms with van der Waals surface area (Å²) in [6.45, 7) is -5.78. The first kappa shape index (κ1) is 61.0. The van der Waals surface area contributed by atoms with E-state index in [-0.39, 0.29) is 123 Å². The predicted octanol–water partition coefficient (Wildman–Crippen LogP) is 6.01. The molecule has 0 saturated carbocycles. The molecule has 0 bridgehead atoms. The smallest absolute Gasteiger partial charge is 0.379 e. The van der Waals surface area contributed by atoms with Crippen LogP contribution in [0.2, 0.25) is 0 Å². The molecule has 1 rings (SSSR count). The Hall–Kier alpha value is -6.03. The molecule has 0 aromatic carbocycles. The minimum Gasteiger partial charge on any atom is -0.379 e. The van der Waals surface area contributed by atoms with Gasteiger partial charge in [0.15, 0.2) is 0 Å². The molecule has 0 aliphatic carbocycles. The molecule has 1 heterocycles. The van der Waals surface area contributed by atoms with Crippen LogP contribution >= 0.6 is 0 Å². The summed E-state index contributed by atoms with van der Waals surface area (Å²) in [5.74, 6) is -16.3. The minimum absolute atomic E-state index is 0.01000. The molecule has 0 saturated heterocycles. The maximum absolute atomic E-state index is 14.7. The largest absolute Gasteiger partial charge is 0.457 e. The molecular weight excluding hydrogens is 985 g/mol. The van der Waals surface area contributed by atoms with Gasteiger partial charge in [-0.05, 0) is 22.1 Å². The van der Waals surface area contributed by atoms with E-state index in [0.717, 1.165) is 0 Å². The van der Waals surface area contributed by atoms with Crippen LogP contribution in [-0.4, -0.2) is 189 Å². The summed E-state index contributed by atoms with van der Waals surface area (Å²) in [6.07, 6.45) is -29.4. The van der Waals surface area contributed by atoms with Crippen LogP contribution < -0.4 is 20.4 Å². The number of azide groups is 4. The Kier molecular flexibility index (Phi) is 27.5. The van der Waals surface area contributed by atoms with Gasteiger partial charge < -0.3 is 44.1 Å². The molecule has 0 fully saturated rings. The zero-order valence-corrected chi connectivity index (χ0v) is 35.5. The second-order valence-corrected chi connectivity index (χ2v) is 12.7. The molecule has 0 spiro atoms. The maximum Gasteiger partial charge on any atom is 0.457 e. The second kappa shape index (κ2) is 31.2. The molecule has 2 N–H and O–H groups in total. The number of halogens is 13. The van der Waals surface area contributed by atoms with Crippen LogP contribution in [0.1, 0.15) is 0 Å². The highest BCUT2D eigenvalue weighted by atomic mass is 19.4. The van der Waals surface area contributed by atoms with Crippen molar-refractivity contribution in [2.75, 3.05) is 140 Å². The fraction of sp³-hybridized carbons (Fsp3) is 0.867. The number of carbonyl (C=O) groups excluding carboxylic acids is 1. The first-order valence-corrected chi connectivity index (χ1v) is 19.3. The van der Waals surface area contributed by atoms with Gasteiger partial charge in [-0.3, -0.25) is 9.53 Å². The number of nitrogens with zero attached hydrogens (tertiary/aromatic N) is 17. The third-order valence-corrected chi connectivity index (χ3v) is 7.87. The summed E-state index contributed by atoms with van der Waals surface area (Å²) < 4.78 is 203. The number of aromatic nitrogens is 3. The number of amides is 1. The Morgan fingerprint density at radius 3 is 1.32 bits per heavy atom. The van der Waals surface area contributed by atoms with E-state index < -0.39 is 68.4 Å². The van der Waals surface area contributed by atoms with Crippen molar-refractivity contribution in [1.29, 1.82) is 0 Å². The lowest BCUT2D eigenvalue weighted by Crippen LogP contribution is -2.62. The molecule has 1 aromatic rings. The monoisotopic (exact) mass is 1030 g/mol. The van der Waals surface area contributed by atoms with Gasteiger partial charge in [0.2, 0.25) is 23.9 Å². The summed E-state index contributed by atoms with van der Waals surface area (Å²) in [7, 11) is 0. The van der Waals surface area contributed by atoms with Crippen LogP contribution in [0.25, 0.3) is 41.8 Å². The van der Waals surface area contributed by atoms with Crippen molar-refractivity contribution in [2.45, 2.75) is 42.8 Å². The average molecular weight is 1030 g/mol. The number of alkyl halides is 13. The Labute approximate surface area is 379 Å². The van der Waals surface area contributed by atoms with Gasteiger partial charge in [-0.15, -0.1) is 0 Å². The first-order valence-electron chi connectivity index (χ1n) is 19.3. The third-order valence-electron chi connectivity index (χ3n) is 7.87. The van der Waals surface area contributed by atoms with Crippen LogP contribution in [0.3, 0.4) is 0 Å². The molecule has 2 unspecified atom stereocenters. The van der Waals surface area contributed by atoms with Gasteiger partial charge in [-0.2, -0.15) is 63.2 Å². The van der Waals surface area contributed by atoms with Crippen molar-refractivity contribution < 1.29 is 90.3 Å².